The number of rotatable bonds is 2. The molecule has 0 aromatic heterocycles. The summed E-state index contributed by atoms with van der Waals surface area (Å²) in [7, 11) is 0.910. The predicted octanol–water partition coefficient (Wildman–Crippen LogP) is 3.46. The van der Waals surface area contributed by atoms with Gasteiger partial charge in [-0.2, -0.15) is 13.2 Å². The minimum Gasteiger partial charge on any atom is -0.212 e. The Morgan fingerprint density at radius 3 is 1.83 bits per heavy atom. The molecule has 0 heterocycles. The summed E-state index contributed by atoms with van der Waals surface area (Å²) in [6.07, 6.45) is -0.648. The first-order valence-corrected chi connectivity index (χ1v) is 8.46. The molecule has 3 fully saturated rings. The predicted molar refractivity (Wildman–Crippen MR) is 60.7 cm³/mol. The van der Waals surface area contributed by atoms with Crippen molar-refractivity contribution in [2.24, 2.45) is 16.2 Å². The van der Waals surface area contributed by atoms with Gasteiger partial charge >= 0.3 is 6.18 Å². The van der Waals surface area contributed by atoms with Gasteiger partial charge in [0.1, 0.15) is 0 Å². The van der Waals surface area contributed by atoms with E-state index in [0.29, 0.717) is 5.41 Å². The molecule has 0 radical (unpaired) electrons. The van der Waals surface area contributed by atoms with Crippen LogP contribution in [0, 0.1) is 16.2 Å². The summed E-state index contributed by atoms with van der Waals surface area (Å²) in [5.74, 6) is -0.972. The largest absolute Gasteiger partial charge is 0.395 e. The second-order valence-electron chi connectivity index (χ2n) is 6.67. The Balaban J connectivity index is 1.75. The van der Waals surface area contributed by atoms with Crippen LogP contribution >= 0.6 is 10.7 Å². The molecular formula is C11H14ClF3O2S. The summed E-state index contributed by atoms with van der Waals surface area (Å²) in [6, 6.07) is 0. The maximum Gasteiger partial charge on any atom is 0.395 e. The SMILES string of the molecule is O=S(=O)(Cl)CC1(C(F)(F)F)CC2(CC3(CC3)C2)C1. The smallest absolute Gasteiger partial charge is 0.212 e. The fourth-order valence-corrected chi connectivity index (χ4v) is 6.07. The zero-order valence-electron chi connectivity index (χ0n) is 9.69. The van der Waals surface area contributed by atoms with Crippen molar-refractivity contribution in [2.45, 2.75) is 44.7 Å². The van der Waals surface area contributed by atoms with Crippen molar-refractivity contribution >= 4 is 19.7 Å². The van der Waals surface area contributed by atoms with Crippen LogP contribution in [-0.2, 0) is 9.05 Å². The molecule has 3 aliphatic carbocycles. The first kappa shape index (κ1) is 13.0. The molecule has 0 aromatic carbocycles. The third-order valence-electron chi connectivity index (χ3n) is 4.93. The van der Waals surface area contributed by atoms with E-state index >= 15 is 0 Å². The summed E-state index contributed by atoms with van der Waals surface area (Å²) in [4.78, 5) is 0. The highest BCUT2D eigenvalue weighted by atomic mass is 35.7. The molecule has 2 nitrogen and oxygen atoms in total. The van der Waals surface area contributed by atoms with E-state index in [0.717, 1.165) is 25.7 Å². The fourth-order valence-electron chi connectivity index (χ4n) is 4.42. The Morgan fingerprint density at radius 2 is 1.50 bits per heavy atom. The first-order chi connectivity index (χ1) is 7.99. The molecule has 0 aliphatic heterocycles. The van der Waals surface area contributed by atoms with Crippen LogP contribution in [-0.4, -0.2) is 20.3 Å². The van der Waals surface area contributed by atoms with Crippen molar-refractivity contribution in [1.29, 1.82) is 0 Å². The van der Waals surface area contributed by atoms with Gasteiger partial charge in [0.25, 0.3) is 0 Å². The molecule has 0 atom stereocenters. The maximum atomic E-state index is 13.1. The number of halogens is 4. The van der Waals surface area contributed by atoms with Crippen molar-refractivity contribution in [3.05, 3.63) is 0 Å². The zero-order chi connectivity index (χ0) is 13.4. The van der Waals surface area contributed by atoms with Gasteiger partial charge in [0, 0.05) is 10.7 Å². The maximum absolute atomic E-state index is 13.1. The molecule has 0 bridgehead atoms. The quantitative estimate of drug-likeness (QED) is 0.732. The average molecular weight is 303 g/mol. The number of hydrogen-bond acceptors (Lipinski definition) is 2. The van der Waals surface area contributed by atoms with Crippen LogP contribution in [0.25, 0.3) is 0 Å². The summed E-state index contributed by atoms with van der Waals surface area (Å²) >= 11 is 0. The van der Waals surface area contributed by atoms with E-state index in [-0.39, 0.29) is 18.3 Å². The van der Waals surface area contributed by atoms with Crippen LogP contribution in [0.15, 0.2) is 0 Å². The van der Waals surface area contributed by atoms with Gasteiger partial charge in [-0.25, -0.2) is 8.42 Å². The highest BCUT2D eigenvalue weighted by molar-refractivity contribution is 8.13. The molecule has 3 aliphatic rings. The van der Waals surface area contributed by atoms with Crippen LogP contribution in [0.2, 0.25) is 0 Å². The summed E-state index contributed by atoms with van der Waals surface area (Å²) in [5.41, 5.74) is -2.00. The van der Waals surface area contributed by atoms with Gasteiger partial charge < -0.3 is 0 Å². The third-order valence-corrected chi connectivity index (χ3v) is 6.16. The van der Waals surface area contributed by atoms with Crippen molar-refractivity contribution in [3.8, 4) is 0 Å². The highest BCUT2D eigenvalue weighted by Crippen LogP contribution is 2.79. The average Bonchev–Trinajstić information content (AvgIpc) is 2.73. The van der Waals surface area contributed by atoms with Gasteiger partial charge in [0.15, 0.2) is 0 Å². The van der Waals surface area contributed by atoms with E-state index in [1.807, 2.05) is 0 Å². The van der Waals surface area contributed by atoms with Gasteiger partial charge in [-0.3, -0.25) is 0 Å². The molecule has 0 aromatic rings. The lowest BCUT2D eigenvalue weighted by Gasteiger charge is -2.64. The minimum atomic E-state index is -4.48. The van der Waals surface area contributed by atoms with Crippen LogP contribution in [0.4, 0.5) is 13.2 Å². The van der Waals surface area contributed by atoms with Gasteiger partial charge in [-0.15, -0.1) is 0 Å². The lowest BCUT2D eigenvalue weighted by atomic mass is 9.41. The Kier molecular flexibility index (Phi) is 2.31. The second-order valence-corrected chi connectivity index (χ2v) is 9.45. The third kappa shape index (κ3) is 1.87. The topological polar surface area (TPSA) is 34.1 Å². The van der Waals surface area contributed by atoms with E-state index < -0.39 is 26.4 Å². The summed E-state index contributed by atoms with van der Waals surface area (Å²) in [5, 5.41) is 0. The van der Waals surface area contributed by atoms with Crippen LogP contribution in [0.1, 0.15) is 38.5 Å². The van der Waals surface area contributed by atoms with Crippen molar-refractivity contribution in [3.63, 3.8) is 0 Å². The van der Waals surface area contributed by atoms with Crippen LogP contribution < -0.4 is 0 Å². The molecule has 0 saturated heterocycles. The van der Waals surface area contributed by atoms with Gasteiger partial charge in [-0.1, -0.05) is 0 Å². The van der Waals surface area contributed by atoms with Gasteiger partial charge in [-0.05, 0) is 49.4 Å². The van der Waals surface area contributed by atoms with E-state index in [9.17, 15) is 21.6 Å². The molecule has 104 valence electrons. The molecule has 2 spiro atoms. The second kappa shape index (κ2) is 3.19. The van der Waals surface area contributed by atoms with Gasteiger partial charge in [0.2, 0.25) is 9.05 Å². The number of alkyl halides is 3. The van der Waals surface area contributed by atoms with E-state index in [4.69, 9.17) is 10.7 Å². The fraction of sp³-hybridized carbons (Fsp3) is 1.00. The molecule has 0 unspecified atom stereocenters. The monoisotopic (exact) mass is 302 g/mol. The van der Waals surface area contributed by atoms with E-state index in [1.165, 1.54) is 0 Å². The molecule has 3 saturated carbocycles. The number of hydrogen-bond donors (Lipinski definition) is 0. The molecule has 7 heteroatoms. The highest BCUT2D eigenvalue weighted by Gasteiger charge is 2.75. The normalized spacial score (nSPS) is 30.9. The van der Waals surface area contributed by atoms with Crippen LogP contribution in [0.3, 0.4) is 0 Å². The molecule has 3 rings (SSSR count). The van der Waals surface area contributed by atoms with Crippen LogP contribution in [0.5, 0.6) is 0 Å². The lowest BCUT2D eigenvalue weighted by molar-refractivity contribution is -0.292. The standard InChI is InChI=1S/C11H14ClF3O2S/c12-18(16,17)7-10(11(13,14)15)5-9(6-10)3-8(4-9)1-2-8/h1-7H2. The minimum absolute atomic E-state index is 0.0583. The lowest BCUT2D eigenvalue weighted by Crippen LogP contribution is -2.62. The summed E-state index contributed by atoms with van der Waals surface area (Å²) < 4.78 is 61.2. The summed E-state index contributed by atoms with van der Waals surface area (Å²) in [6.45, 7) is 0. The zero-order valence-corrected chi connectivity index (χ0v) is 11.3. The Labute approximate surface area is 108 Å². The Hall–Kier alpha value is 0.0300. The molecule has 18 heavy (non-hydrogen) atoms. The van der Waals surface area contributed by atoms with E-state index in [1.54, 1.807) is 0 Å². The Morgan fingerprint density at radius 1 is 1.00 bits per heavy atom. The van der Waals surface area contributed by atoms with Crippen molar-refractivity contribution in [1.82, 2.24) is 0 Å². The molecular weight excluding hydrogens is 289 g/mol. The first-order valence-electron chi connectivity index (χ1n) is 5.98. The molecule has 0 amide bonds. The van der Waals surface area contributed by atoms with Crippen molar-refractivity contribution < 1.29 is 21.6 Å². The Bertz CT molecular complexity index is 477. The molecule has 0 N–H and O–H groups in total. The van der Waals surface area contributed by atoms with E-state index in [2.05, 4.69) is 0 Å². The van der Waals surface area contributed by atoms with Gasteiger partial charge in [0.05, 0.1) is 11.2 Å². The van der Waals surface area contributed by atoms with Crippen molar-refractivity contribution in [2.75, 3.05) is 5.75 Å².